The molecule has 3 heteroatoms. The number of nitrogens with zero attached hydrogens (tertiary/aromatic N) is 1. The van der Waals surface area contributed by atoms with E-state index in [1.54, 1.807) is 7.11 Å². The van der Waals surface area contributed by atoms with Crippen molar-refractivity contribution in [3.63, 3.8) is 0 Å². The van der Waals surface area contributed by atoms with Crippen molar-refractivity contribution >= 4 is 0 Å². The molecule has 1 rings (SSSR count). The van der Waals surface area contributed by atoms with Crippen molar-refractivity contribution in [3.8, 4) is 0 Å². The van der Waals surface area contributed by atoms with Gasteiger partial charge in [-0.1, -0.05) is 0 Å². The Morgan fingerprint density at radius 3 is 2.80 bits per heavy atom. The van der Waals surface area contributed by atoms with Crippen LogP contribution < -0.4 is 0 Å². The smallest absolute Gasteiger partial charge is 0.0956 e. The minimum Gasteiger partial charge on any atom is -0.390 e. The van der Waals surface area contributed by atoms with Gasteiger partial charge in [0.25, 0.3) is 0 Å². The number of hydrogen-bond acceptors (Lipinski definition) is 3. The molecule has 0 bridgehead atoms. The molecule has 1 aliphatic rings. The van der Waals surface area contributed by atoms with E-state index in [0.29, 0.717) is 0 Å². The fourth-order valence-corrected chi connectivity index (χ4v) is 1.29. The second-order valence-electron chi connectivity index (χ2n) is 2.89. The van der Waals surface area contributed by atoms with E-state index in [0.717, 1.165) is 19.5 Å². The number of aliphatic hydroxyl groups excluding tert-OH is 1. The summed E-state index contributed by atoms with van der Waals surface area (Å²) in [4.78, 5) is 2.17. The van der Waals surface area contributed by atoms with Gasteiger partial charge in [0.2, 0.25) is 0 Å². The van der Waals surface area contributed by atoms with Crippen molar-refractivity contribution in [2.24, 2.45) is 0 Å². The van der Waals surface area contributed by atoms with E-state index in [1.807, 2.05) is 7.05 Å². The van der Waals surface area contributed by atoms with E-state index in [9.17, 15) is 5.11 Å². The Labute approximate surface area is 61.6 Å². The molecule has 1 fully saturated rings. The van der Waals surface area contributed by atoms with Crippen LogP contribution in [-0.4, -0.2) is 49.5 Å². The highest BCUT2D eigenvalue weighted by atomic mass is 16.5. The van der Waals surface area contributed by atoms with Crippen LogP contribution in [0.4, 0.5) is 0 Å². The summed E-state index contributed by atoms with van der Waals surface area (Å²) in [6, 6.07) is 0. The van der Waals surface area contributed by atoms with Gasteiger partial charge < -0.3 is 14.7 Å². The van der Waals surface area contributed by atoms with Crippen molar-refractivity contribution in [2.75, 3.05) is 27.2 Å². The molecule has 0 amide bonds. The number of aliphatic hydroxyl groups is 1. The van der Waals surface area contributed by atoms with E-state index in [-0.39, 0.29) is 12.2 Å². The third-order valence-corrected chi connectivity index (χ3v) is 2.03. The van der Waals surface area contributed by atoms with E-state index in [1.165, 1.54) is 0 Å². The molecular formula is C7H15NO2. The van der Waals surface area contributed by atoms with Crippen LogP contribution in [0.2, 0.25) is 0 Å². The van der Waals surface area contributed by atoms with Crippen LogP contribution in [0.3, 0.4) is 0 Å². The largest absolute Gasteiger partial charge is 0.390 e. The molecule has 1 saturated heterocycles. The summed E-state index contributed by atoms with van der Waals surface area (Å²) in [6.07, 6.45) is 0.578. The molecule has 1 heterocycles. The Kier molecular flexibility index (Phi) is 2.65. The molecule has 0 saturated carbocycles. The summed E-state index contributed by atoms with van der Waals surface area (Å²) in [5.41, 5.74) is 0. The number of rotatable bonds is 1. The average Bonchev–Trinajstić information content (AvgIpc) is 1.94. The summed E-state index contributed by atoms with van der Waals surface area (Å²) in [5, 5.41) is 9.34. The first kappa shape index (κ1) is 7.98. The fourth-order valence-electron chi connectivity index (χ4n) is 1.29. The lowest BCUT2D eigenvalue weighted by Gasteiger charge is -2.32. The standard InChI is InChI=1S/C7H15NO2/c1-8-4-3-6(9)7(5-8)10-2/h6-7,9H,3-5H2,1-2H3. The van der Waals surface area contributed by atoms with Gasteiger partial charge in [0.15, 0.2) is 0 Å². The lowest BCUT2D eigenvalue weighted by molar-refractivity contribution is -0.0553. The maximum atomic E-state index is 9.34. The van der Waals surface area contributed by atoms with Gasteiger partial charge in [-0.2, -0.15) is 0 Å². The SMILES string of the molecule is COC1CN(C)CCC1O. The Morgan fingerprint density at radius 1 is 1.60 bits per heavy atom. The lowest BCUT2D eigenvalue weighted by atomic mass is 10.1. The van der Waals surface area contributed by atoms with Crippen LogP contribution in [0.1, 0.15) is 6.42 Å². The molecule has 0 aromatic heterocycles. The molecule has 3 nitrogen and oxygen atoms in total. The fraction of sp³-hybridized carbons (Fsp3) is 1.00. The van der Waals surface area contributed by atoms with Gasteiger partial charge in [0.05, 0.1) is 12.2 Å². The third kappa shape index (κ3) is 1.68. The Bertz CT molecular complexity index is 108. The van der Waals surface area contributed by atoms with Gasteiger partial charge >= 0.3 is 0 Å². The number of likely N-dealkylation sites (N-methyl/N-ethyl adjacent to an activating group) is 1. The van der Waals surface area contributed by atoms with E-state index in [4.69, 9.17) is 4.74 Å². The Balaban J connectivity index is 2.38. The van der Waals surface area contributed by atoms with Crippen LogP contribution in [0.5, 0.6) is 0 Å². The number of likely N-dealkylation sites (tertiary alicyclic amines) is 1. The molecule has 60 valence electrons. The molecule has 1 N–H and O–H groups in total. The van der Waals surface area contributed by atoms with Crippen LogP contribution in [0.15, 0.2) is 0 Å². The lowest BCUT2D eigenvalue weighted by Crippen LogP contribution is -2.45. The van der Waals surface area contributed by atoms with Gasteiger partial charge in [0, 0.05) is 20.2 Å². The molecule has 0 spiro atoms. The van der Waals surface area contributed by atoms with E-state index < -0.39 is 0 Å². The highest BCUT2D eigenvalue weighted by Gasteiger charge is 2.24. The van der Waals surface area contributed by atoms with Crippen LogP contribution in [0.25, 0.3) is 0 Å². The van der Waals surface area contributed by atoms with Gasteiger partial charge in [-0.25, -0.2) is 0 Å². The molecule has 0 aromatic carbocycles. The molecule has 0 aliphatic carbocycles. The molecule has 10 heavy (non-hydrogen) atoms. The Hall–Kier alpha value is -0.120. The third-order valence-electron chi connectivity index (χ3n) is 2.03. The van der Waals surface area contributed by atoms with Crippen LogP contribution in [0, 0.1) is 0 Å². The summed E-state index contributed by atoms with van der Waals surface area (Å²) in [5.74, 6) is 0. The van der Waals surface area contributed by atoms with Gasteiger partial charge in [-0.05, 0) is 13.5 Å². The van der Waals surface area contributed by atoms with E-state index in [2.05, 4.69) is 4.90 Å². The summed E-state index contributed by atoms with van der Waals surface area (Å²) < 4.78 is 5.08. The van der Waals surface area contributed by atoms with Crippen molar-refractivity contribution < 1.29 is 9.84 Å². The first-order valence-corrected chi connectivity index (χ1v) is 3.63. The zero-order valence-electron chi connectivity index (χ0n) is 6.58. The molecule has 1 aliphatic heterocycles. The van der Waals surface area contributed by atoms with E-state index >= 15 is 0 Å². The molecule has 0 aromatic rings. The molecular weight excluding hydrogens is 130 g/mol. The second kappa shape index (κ2) is 3.32. The van der Waals surface area contributed by atoms with Crippen molar-refractivity contribution in [2.45, 2.75) is 18.6 Å². The van der Waals surface area contributed by atoms with Gasteiger partial charge in [-0.15, -0.1) is 0 Å². The maximum Gasteiger partial charge on any atom is 0.0956 e. The van der Waals surface area contributed by atoms with Crippen molar-refractivity contribution in [1.82, 2.24) is 4.90 Å². The molecule has 0 radical (unpaired) electrons. The van der Waals surface area contributed by atoms with Crippen molar-refractivity contribution in [3.05, 3.63) is 0 Å². The van der Waals surface area contributed by atoms with Crippen LogP contribution in [-0.2, 0) is 4.74 Å². The maximum absolute atomic E-state index is 9.34. The predicted octanol–water partition coefficient (Wildman–Crippen LogP) is -0.302. The number of ether oxygens (including phenoxy) is 1. The van der Waals surface area contributed by atoms with Crippen molar-refractivity contribution in [1.29, 1.82) is 0 Å². The first-order valence-electron chi connectivity index (χ1n) is 3.63. The second-order valence-corrected chi connectivity index (χ2v) is 2.89. The molecule has 2 atom stereocenters. The zero-order chi connectivity index (χ0) is 7.56. The highest BCUT2D eigenvalue weighted by Crippen LogP contribution is 2.11. The minimum atomic E-state index is -0.263. The monoisotopic (exact) mass is 145 g/mol. The number of hydrogen-bond donors (Lipinski definition) is 1. The summed E-state index contributed by atoms with van der Waals surface area (Å²) in [6.45, 7) is 1.82. The average molecular weight is 145 g/mol. The molecule has 2 unspecified atom stereocenters. The Morgan fingerprint density at radius 2 is 2.30 bits per heavy atom. The summed E-state index contributed by atoms with van der Waals surface area (Å²) in [7, 11) is 3.69. The summed E-state index contributed by atoms with van der Waals surface area (Å²) >= 11 is 0. The van der Waals surface area contributed by atoms with Gasteiger partial charge in [0.1, 0.15) is 0 Å². The predicted molar refractivity (Wildman–Crippen MR) is 38.9 cm³/mol. The minimum absolute atomic E-state index is 0.0127. The normalized spacial score (nSPS) is 36.3. The van der Waals surface area contributed by atoms with Gasteiger partial charge in [-0.3, -0.25) is 0 Å². The van der Waals surface area contributed by atoms with Crippen LogP contribution >= 0.6 is 0 Å². The first-order chi connectivity index (χ1) is 4.74. The quantitative estimate of drug-likeness (QED) is 0.550. The highest BCUT2D eigenvalue weighted by molar-refractivity contribution is 4.78. The number of methoxy groups -OCH3 is 1. The number of piperidine rings is 1. The topological polar surface area (TPSA) is 32.7 Å². The zero-order valence-corrected chi connectivity index (χ0v) is 6.58.